The van der Waals surface area contributed by atoms with Crippen LogP contribution in [0.5, 0.6) is 0 Å². The van der Waals surface area contributed by atoms with E-state index in [1.807, 2.05) is 0 Å². The minimum atomic E-state index is -0.0106. The fourth-order valence-corrected chi connectivity index (χ4v) is 6.78. The molecule has 0 nitrogen and oxygen atoms in total. The minimum Gasteiger partial charge on any atom is -0.115 e. The summed E-state index contributed by atoms with van der Waals surface area (Å²) in [5.74, 6) is 2.87. The summed E-state index contributed by atoms with van der Waals surface area (Å²) >= 11 is 0. The average molecular weight is 593 g/mol. The van der Waals surface area contributed by atoms with Crippen LogP contribution >= 0.6 is 0 Å². The van der Waals surface area contributed by atoms with E-state index in [1.165, 1.54) is 61.2 Å². The SMILES string of the molecule is C#Cc1ccc(C(c2cc(C(C)(C)C)c3ccc(C(C)(C)C)ccc2-3)c2cc(C(C)(C)C)c3ccc(C(C)(C)C)ccc2-3)cc1. The minimum absolute atomic E-state index is 0.0106. The first-order chi connectivity index (χ1) is 20.8. The second-order valence-corrected chi connectivity index (χ2v) is 17.1. The van der Waals surface area contributed by atoms with Crippen LogP contribution in [0, 0.1) is 12.3 Å². The van der Waals surface area contributed by atoms with Gasteiger partial charge in [0, 0.05) is 11.5 Å². The molecule has 5 rings (SSSR count). The first kappa shape index (κ1) is 32.6. The molecule has 45 heavy (non-hydrogen) atoms. The highest BCUT2D eigenvalue weighted by Crippen LogP contribution is 2.50. The maximum absolute atomic E-state index is 5.83. The van der Waals surface area contributed by atoms with E-state index in [2.05, 4.69) is 174 Å². The summed E-state index contributed by atoms with van der Waals surface area (Å²) in [4.78, 5) is 0. The molecule has 4 aliphatic rings. The summed E-state index contributed by atoms with van der Waals surface area (Å²) in [7, 11) is 0. The molecule has 4 aliphatic carbocycles. The van der Waals surface area contributed by atoms with E-state index in [0.717, 1.165) is 5.56 Å². The predicted molar refractivity (Wildman–Crippen MR) is 196 cm³/mol. The summed E-state index contributed by atoms with van der Waals surface area (Å²) in [5.41, 5.74) is 15.8. The van der Waals surface area contributed by atoms with Crippen LogP contribution in [0.1, 0.15) is 134 Å². The smallest absolute Gasteiger partial charge is 0.0352 e. The Morgan fingerprint density at radius 1 is 0.444 bits per heavy atom. The molecule has 0 N–H and O–H groups in total. The van der Waals surface area contributed by atoms with Crippen molar-refractivity contribution < 1.29 is 0 Å². The molecule has 1 aromatic carbocycles. The lowest BCUT2D eigenvalue weighted by molar-refractivity contribution is 0.590. The summed E-state index contributed by atoms with van der Waals surface area (Å²) < 4.78 is 0. The normalized spacial score (nSPS) is 13.1. The van der Waals surface area contributed by atoms with Crippen LogP contribution < -0.4 is 0 Å². The van der Waals surface area contributed by atoms with Crippen LogP contribution in [0.4, 0.5) is 0 Å². The molecule has 1 aromatic rings. The van der Waals surface area contributed by atoms with Gasteiger partial charge in [0.15, 0.2) is 0 Å². The fraction of sp³-hybridized carbons (Fsp3) is 0.378. The Kier molecular flexibility index (Phi) is 8.11. The standard InChI is InChI=1S/C45H52/c1-14-29-15-17-30(18-16-29)41(37-27-39(44(8,9)10)35-25-21-31(42(2,3)4)19-23-33(35)37)38-28-40(45(11,12)13)36-26-22-32(43(5,6)7)20-24-34(36)38/h1,15-28,41H,2-13H3. The lowest BCUT2D eigenvalue weighted by Crippen LogP contribution is -2.11. The van der Waals surface area contributed by atoms with Crippen molar-refractivity contribution in [1.29, 1.82) is 0 Å². The topological polar surface area (TPSA) is 0 Å². The van der Waals surface area contributed by atoms with Gasteiger partial charge in [0.25, 0.3) is 0 Å². The first-order valence-corrected chi connectivity index (χ1v) is 16.5. The van der Waals surface area contributed by atoms with Crippen molar-refractivity contribution in [3.05, 3.63) is 129 Å². The van der Waals surface area contributed by atoms with E-state index < -0.39 is 0 Å². The van der Waals surface area contributed by atoms with E-state index in [4.69, 9.17) is 6.42 Å². The molecule has 0 atom stereocenters. The molecule has 0 heterocycles. The number of fused-ring (bicyclic) bond motifs is 2. The van der Waals surface area contributed by atoms with Gasteiger partial charge in [-0.15, -0.1) is 6.42 Å². The molecule has 0 radical (unpaired) electrons. The number of terminal acetylenes is 1. The van der Waals surface area contributed by atoms with Crippen molar-refractivity contribution in [2.24, 2.45) is 0 Å². The maximum Gasteiger partial charge on any atom is 0.0352 e. The zero-order valence-electron chi connectivity index (χ0n) is 29.7. The second-order valence-electron chi connectivity index (χ2n) is 17.1. The predicted octanol–water partition coefficient (Wildman–Crippen LogP) is 12.2. The second kappa shape index (κ2) is 11.2. The van der Waals surface area contributed by atoms with Gasteiger partial charge in [-0.2, -0.15) is 0 Å². The lowest BCUT2D eigenvalue weighted by Gasteiger charge is -2.20. The Hall–Kier alpha value is -3.82. The van der Waals surface area contributed by atoms with Gasteiger partial charge in [-0.3, -0.25) is 0 Å². The van der Waals surface area contributed by atoms with E-state index in [-0.39, 0.29) is 27.6 Å². The van der Waals surface area contributed by atoms with Crippen LogP contribution in [-0.2, 0) is 21.7 Å². The van der Waals surface area contributed by atoms with Crippen LogP contribution in [-0.4, -0.2) is 0 Å². The van der Waals surface area contributed by atoms with Crippen LogP contribution in [0.2, 0.25) is 0 Å². The van der Waals surface area contributed by atoms with Crippen molar-refractivity contribution in [2.45, 2.75) is 111 Å². The van der Waals surface area contributed by atoms with E-state index in [9.17, 15) is 0 Å². The zero-order valence-corrected chi connectivity index (χ0v) is 29.7. The molecule has 0 amide bonds. The Balaban J connectivity index is 1.91. The third kappa shape index (κ3) is 6.33. The summed E-state index contributed by atoms with van der Waals surface area (Å²) in [6.45, 7) is 27.8. The highest BCUT2D eigenvalue weighted by Gasteiger charge is 2.33. The summed E-state index contributed by atoms with van der Waals surface area (Å²) in [6.07, 6.45) is 5.83. The largest absolute Gasteiger partial charge is 0.115 e. The van der Waals surface area contributed by atoms with E-state index in [0.29, 0.717) is 0 Å². The van der Waals surface area contributed by atoms with Crippen LogP contribution in [0.3, 0.4) is 0 Å². The lowest BCUT2D eigenvalue weighted by atomic mass is 9.82. The maximum atomic E-state index is 5.83. The molecule has 0 bridgehead atoms. The van der Waals surface area contributed by atoms with Crippen molar-refractivity contribution in [1.82, 2.24) is 0 Å². The van der Waals surface area contributed by atoms with Crippen LogP contribution in [0.15, 0.2) is 84.9 Å². The summed E-state index contributed by atoms with van der Waals surface area (Å²) in [5, 5.41) is 0. The van der Waals surface area contributed by atoms with E-state index >= 15 is 0 Å². The monoisotopic (exact) mass is 592 g/mol. The van der Waals surface area contributed by atoms with E-state index in [1.54, 1.807) is 0 Å². The molecule has 0 saturated heterocycles. The van der Waals surface area contributed by atoms with Gasteiger partial charge in [0.1, 0.15) is 0 Å². The number of hydrogen-bond donors (Lipinski definition) is 0. The Morgan fingerprint density at radius 3 is 1.11 bits per heavy atom. The Labute approximate surface area is 274 Å². The Morgan fingerprint density at radius 2 is 0.800 bits per heavy atom. The first-order valence-electron chi connectivity index (χ1n) is 16.5. The van der Waals surface area contributed by atoms with Gasteiger partial charge >= 0.3 is 0 Å². The molecule has 0 aromatic heterocycles. The fourth-order valence-electron chi connectivity index (χ4n) is 6.78. The van der Waals surface area contributed by atoms with Gasteiger partial charge in [-0.25, -0.2) is 0 Å². The third-order valence-corrected chi connectivity index (χ3v) is 9.48. The van der Waals surface area contributed by atoms with Gasteiger partial charge in [-0.05, 0) is 95.0 Å². The van der Waals surface area contributed by atoms with Gasteiger partial charge in [0.05, 0.1) is 0 Å². The zero-order chi connectivity index (χ0) is 33.1. The molecular formula is C45H52. The molecule has 0 heteroatoms. The van der Waals surface area contributed by atoms with Gasteiger partial charge < -0.3 is 0 Å². The van der Waals surface area contributed by atoms with Crippen molar-refractivity contribution in [2.75, 3.05) is 0 Å². The molecular weight excluding hydrogens is 540 g/mol. The summed E-state index contributed by atoms with van der Waals surface area (Å²) in [6, 6.07) is 32.6. The molecule has 232 valence electrons. The van der Waals surface area contributed by atoms with Crippen molar-refractivity contribution in [3.63, 3.8) is 0 Å². The molecule has 0 fully saturated rings. The number of benzene rings is 1. The number of rotatable bonds is 3. The van der Waals surface area contributed by atoms with Crippen molar-refractivity contribution in [3.8, 4) is 34.6 Å². The number of hydrogen-bond acceptors (Lipinski definition) is 0. The van der Waals surface area contributed by atoms with Gasteiger partial charge in [-0.1, -0.05) is 162 Å². The van der Waals surface area contributed by atoms with Crippen molar-refractivity contribution >= 4 is 0 Å². The molecule has 0 spiro atoms. The molecule has 0 unspecified atom stereocenters. The quantitative estimate of drug-likeness (QED) is 0.183. The van der Waals surface area contributed by atoms with Gasteiger partial charge in [0.2, 0.25) is 0 Å². The highest BCUT2D eigenvalue weighted by atomic mass is 14.4. The van der Waals surface area contributed by atoms with Crippen LogP contribution in [0.25, 0.3) is 22.3 Å². The molecule has 0 aliphatic heterocycles. The highest BCUT2D eigenvalue weighted by molar-refractivity contribution is 5.83. The molecule has 0 saturated carbocycles. The average Bonchev–Trinajstić information content (AvgIpc) is 3.26. The third-order valence-electron chi connectivity index (χ3n) is 9.48. The Bertz CT molecular complexity index is 1700.